The Morgan fingerprint density at radius 1 is 1.14 bits per heavy atom. The van der Waals surface area contributed by atoms with E-state index in [9.17, 15) is 9.59 Å². The minimum absolute atomic E-state index is 0.0331. The van der Waals surface area contributed by atoms with Crippen molar-refractivity contribution in [2.45, 2.75) is 52.5 Å². The molecule has 0 radical (unpaired) electrons. The van der Waals surface area contributed by atoms with Crippen molar-refractivity contribution in [1.82, 2.24) is 19.9 Å². The number of carbonyl (C=O) groups is 2. The number of hydrogen-bond donors (Lipinski definition) is 2. The summed E-state index contributed by atoms with van der Waals surface area (Å²) in [4.78, 5) is 28.6. The molecular formula is C29H40N4O4. The third-order valence-corrected chi connectivity index (χ3v) is 8.42. The summed E-state index contributed by atoms with van der Waals surface area (Å²) in [6, 6.07) is 4.38. The van der Waals surface area contributed by atoms with Crippen LogP contribution >= 0.6 is 0 Å². The van der Waals surface area contributed by atoms with E-state index in [1.807, 2.05) is 19.9 Å². The van der Waals surface area contributed by atoms with Gasteiger partial charge in [0.25, 0.3) is 5.91 Å². The second kappa shape index (κ2) is 11.0. The van der Waals surface area contributed by atoms with Crippen LogP contribution in [0, 0.1) is 18.8 Å². The first-order chi connectivity index (χ1) is 17.8. The van der Waals surface area contributed by atoms with Crippen LogP contribution in [0.1, 0.15) is 72.8 Å². The first kappa shape index (κ1) is 25.9. The number of rotatable bonds is 6. The number of fused-ring (bicyclic) bond motifs is 1. The smallest absolute Gasteiger partial charge is 0.251 e. The first-order valence-electron chi connectivity index (χ1n) is 13.7. The number of carbonyl (C=O) groups excluding carboxylic acids is 2. The highest BCUT2D eigenvalue weighted by Crippen LogP contribution is 2.34. The Hall–Kier alpha value is -2.68. The van der Waals surface area contributed by atoms with Gasteiger partial charge in [0, 0.05) is 67.6 Å². The van der Waals surface area contributed by atoms with Crippen LogP contribution in [0.5, 0.6) is 0 Å². The third kappa shape index (κ3) is 5.33. The zero-order valence-corrected chi connectivity index (χ0v) is 22.5. The average Bonchev–Trinajstić information content (AvgIpc) is 3.32. The summed E-state index contributed by atoms with van der Waals surface area (Å²) in [5.41, 5.74) is 6.02. The highest BCUT2D eigenvalue weighted by molar-refractivity contribution is 5.97. The molecule has 2 aromatic heterocycles. The fourth-order valence-corrected chi connectivity index (χ4v) is 6.19. The van der Waals surface area contributed by atoms with Gasteiger partial charge in [0.15, 0.2) is 0 Å². The summed E-state index contributed by atoms with van der Waals surface area (Å²) in [5.74, 6) is 0.101. The fraction of sp³-hybridized carbons (Fsp3) is 0.586. The minimum atomic E-state index is -0.281. The van der Waals surface area contributed by atoms with E-state index >= 15 is 0 Å². The molecule has 8 heteroatoms. The van der Waals surface area contributed by atoms with E-state index in [4.69, 9.17) is 9.47 Å². The highest BCUT2D eigenvalue weighted by atomic mass is 16.5. The summed E-state index contributed by atoms with van der Waals surface area (Å²) >= 11 is 0. The number of nitrogens with zero attached hydrogens (tertiary/aromatic N) is 2. The number of pyridine rings is 1. The zero-order chi connectivity index (χ0) is 26.1. The zero-order valence-electron chi connectivity index (χ0n) is 22.5. The molecule has 2 amide bonds. The van der Waals surface area contributed by atoms with Crippen LogP contribution in [-0.4, -0.2) is 67.2 Å². The lowest BCUT2D eigenvalue weighted by Gasteiger charge is -2.34. The van der Waals surface area contributed by atoms with Gasteiger partial charge in [-0.05, 0) is 68.7 Å². The van der Waals surface area contributed by atoms with Crippen molar-refractivity contribution in [3.63, 3.8) is 0 Å². The Morgan fingerprint density at radius 3 is 2.54 bits per heavy atom. The van der Waals surface area contributed by atoms with Gasteiger partial charge >= 0.3 is 0 Å². The average molecular weight is 509 g/mol. The maximum absolute atomic E-state index is 13.6. The summed E-state index contributed by atoms with van der Waals surface area (Å²) in [6.45, 7) is 13.3. The predicted octanol–water partition coefficient (Wildman–Crippen LogP) is 3.55. The molecule has 3 atom stereocenters. The van der Waals surface area contributed by atoms with Crippen LogP contribution in [0.4, 0.5) is 0 Å². The Bertz CT molecular complexity index is 1190. The van der Waals surface area contributed by atoms with E-state index < -0.39 is 0 Å². The molecule has 0 bridgehead atoms. The van der Waals surface area contributed by atoms with Gasteiger partial charge in [-0.2, -0.15) is 0 Å². The summed E-state index contributed by atoms with van der Waals surface area (Å²) in [6.07, 6.45) is 6.37. The van der Waals surface area contributed by atoms with Gasteiger partial charge in [-0.15, -0.1) is 0 Å². The van der Waals surface area contributed by atoms with E-state index in [2.05, 4.69) is 52.1 Å². The lowest BCUT2D eigenvalue weighted by molar-refractivity contribution is -0.125. The Labute approximate surface area is 219 Å². The summed E-state index contributed by atoms with van der Waals surface area (Å²) in [5, 5.41) is 5.97. The number of hydrogen-bond acceptors (Lipinski definition) is 5. The molecule has 2 aromatic rings. The SMILES string of the molecule is CC1=CC(C)C(CNC(=O)c2cc3cc(C4CCOCC4)cn3c(C(C)N3CCOCC3)c2C)C(=O)N1. The summed E-state index contributed by atoms with van der Waals surface area (Å²) in [7, 11) is 0. The maximum Gasteiger partial charge on any atom is 0.251 e. The number of nitrogens with one attached hydrogen (secondary N) is 2. The van der Waals surface area contributed by atoms with Gasteiger partial charge in [-0.1, -0.05) is 13.0 Å². The Balaban J connectivity index is 1.48. The van der Waals surface area contributed by atoms with E-state index in [0.717, 1.165) is 74.8 Å². The molecule has 0 spiro atoms. The van der Waals surface area contributed by atoms with Crippen LogP contribution in [-0.2, 0) is 14.3 Å². The first-order valence-corrected chi connectivity index (χ1v) is 13.7. The molecule has 8 nitrogen and oxygen atoms in total. The second-order valence-electron chi connectivity index (χ2n) is 10.9. The molecule has 5 heterocycles. The lowest BCUT2D eigenvalue weighted by atomic mass is 9.89. The molecular weight excluding hydrogens is 468 g/mol. The molecule has 2 fully saturated rings. The molecule has 0 aliphatic carbocycles. The van der Waals surface area contributed by atoms with Crippen LogP contribution in [0.3, 0.4) is 0 Å². The minimum Gasteiger partial charge on any atom is -0.381 e. The van der Waals surface area contributed by atoms with Crippen LogP contribution in [0.15, 0.2) is 30.1 Å². The third-order valence-electron chi connectivity index (χ3n) is 8.42. The van der Waals surface area contributed by atoms with E-state index in [-0.39, 0.29) is 29.7 Å². The van der Waals surface area contributed by atoms with Gasteiger partial charge in [0.1, 0.15) is 0 Å². The molecule has 0 saturated carbocycles. The Kier molecular flexibility index (Phi) is 7.70. The molecule has 3 aliphatic heterocycles. The number of amides is 2. The normalized spacial score (nSPS) is 24.5. The lowest BCUT2D eigenvalue weighted by Crippen LogP contribution is -2.44. The van der Waals surface area contributed by atoms with E-state index in [1.165, 1.54) is 5.56 Å². The van der Waals surface area contributed by atoms with Crippen molar-refractivity contribution in [2.24, 2.45) is 11.8 Å². The highest BCUT2D eigenvalue weighted by Gasteiger charge is 2.30. The number of aromatic nitrogens is 1. The standard InChI is InChI=1S/C29H40N4O4/c1-18-13-19(2)31-29(35)26(18)16-30-28(34)25-15-24-14-23(22-5-9-36-10-6-22)17-33(24)27(20(25)3)21(4)32-7-11-37-12-8-32/h13-15,17-18,21-22,26H,5-12,16H2,1-4H3,(H,30,34)(H,31,35). The van der Waals surface area contributed by atoms with Crippen molar-refractivity contribution >= 4 is 17.3 Å². The van der Waals surface area contributed by atoms with Crippen molar-refractivity contribution in [2.75, 3.05) is 46.1 Å². The fourth-order valence-electron chi connectivity index (χ4n) is 6.19. The second-order valence-corrected chi connectivity index (χ2v) is 10.9. The van der Waals surface area contributed by atoms with Crippen LogP contribution in [0.2, 0.25) is 0 Å². The van der Waals surface area contributed by atoms with Gasteiger partial charge in [0.2, 0.25) is 5.91 Å². The van der Waals surface area contributed by atoms with Gasteiger partial charge in [-0.25, -0.2) is 0 Å². The van der Waals surface area contributed by atoms with E-state index in [1.54, 1.807) is 0 Å². The molecule has 0 aromatic carbocycles. The Morgan fingerprint density at radius 2 is 1.84 bits per heavy atom. The predicted molar refractivity (Wildman–Crippen MR) is 143 cm³/mol. The molecule has 3 aliphatic rings. The van der Waals surface area contributed by atoms with Gasteiger partial charge in [0.05, 0.1) is 19.1 Å². The summed E-state index contributed by atoms with van der Waals surface area (Å²) < 4.78 is 13.5. The van der Waals surface area contributed by atoms with E-state index in [0.29, 0.717) is 18.0 Å². The molecule has 37 heavy (non-hydrogen) atoms. The number of ether oxygens (including phenoxy) is 2. The molecule has 2 N–H and O–H groups in total. The monoisotopic (exact) mass is 508 g/mol. The number of allylic oxidation sites excluding steroid dienone is 2. The van der Waals surface area contributed by atoms with Gasteiger partial charge in [-0.3, -0.25) is 14.5 Å². The molecule has 5 rings (SSSR count). The van der Waals surface area contributed by atoms with Crippen molar-refractivity contribution < 1.29 is 19.1 Å². The topological polar surface area (TPSA) is 84.3 Å². The van der Waals surface area contributed by atoms with Crippen LogP contribution < -0.4 is 10.6 Å². The molecule has 3 unspecified atom stereocenters. The van der Waals surface area contributed by atoms with Crippen molar-refractivity contribution in [3.8, 4) is 0 Å². The van der Waals surface area contributed by atoms with Crippen LogP contribution in [0.25, 0.3) is 5.52 Å². The largest absolute Gasteiger partial charge is 0.381 e. The van der Waals surface area contributed by atoms with Gasteiger partial charge < -0.3 is 24.5 Å². The molecule has 2 saturated heterocycles. The quantitative estimate of drug-likeness (QED) is 0.624. The molecule has 200 valence electrons. The number of morpholine rings is 1. The van der Waals surface area contributed by atoms with Crippen molar-refractivity contribution in [3.05, 3.63) is 52.5 Å². The van der Waals surface area contributed by atoms with Crippen molar-refractivity contribution in [1.29, 1.82) is 0 Å². The maximum atomic E-state index is 13.6.